The van der Waals surface area contributed by atoms with Crippen LogP contribution >= 0.6 is 0 Å². The Balaban J connectivity index is 2.03. The molecule has 0 fully saturated rings. The SMILES string of the molecule is CC(Nc1nccc2cc3c(cc12)OCCO3)C(C)(C)C. The van der Waals surface area contributed by atoms with Crippen LogP contribution in [0, 0.1) is 5.41 Å². The molecule has 1 aliphatic rings. The van der Waals surface area contributed by atoms with Crippen LogP contribution in [0.25, 0.3) is 10.8 Å². The Bertz CT molecular complexity index is 662. The summed E-state index contributed by atoms with van der Waals surface area (Å²) in [5.41, 5.74) is 0.164. The van der Waals surface area contributed by atoms with E-state index in [4.69, 9.17) is 9.47 Å². The number of benzene rings is 1. The average molecular weight is 286 g/mol. The molecule has 1 aromatic carbocycles. The van der Waals surface area contributed by atoms with Gasteiger partial charge in [-0.25, -0.2) is 4.98 Å². The molecule has 0 saturated carbocycles. The van der Waals surface area contributed by atoms with Gasteiger partial charge in [-0.15, -0.1) is 0 Å². The van der Waals surface area contributed by atoms with Gasteiger partial charge in [-0.05, 0) is 35.9 Å². The second-order valence-electron chi connectivity index (χ2n) is 6.61. The van der Waals surface area contributed by atoms with Crippen molar-refractivity contribution in [3.05, 3.63) is 24.4 Å². The van der Waals surface area contributed by atoms with E-state index in [0.29, 0.717) is 19.3 Å². The lowest BCUT2D eigenvalue weighted by Crippen LogP contribution is -2.31. The lowest BCUT2D eigenvalue weighted by Gasteiger charge is -2.29. The molecule has 0 spiro atoms. The minimum atomic E-state index is 0.164. The van der Waals surface area contributed by atoms with Crippen LogP contribution in [-0.4, -0.2) is 24.2 Å². The average Bonchev–Trinajstić information content (AvgIpc) is 2.44. The number of anilines is 1. The van der Waals surface area contributed by atoms with Crippen LogP contribution < -0.4 is 14.8 Å². The van der Waals surface area contributed by atoms with Crippen molar-refractivity contribution in [2.45, 2.75) is 33.7 Å². The molecule has 1 unspecified atom stereocenters. The van der Waals surface area contributed by atoms with Gasteiger partial charge < -0.3 is 14.8 Å². The van der Waals surface area contributed by atoms with Crippen molar-refractivity contribution in [1.29, 1.82) is 0 Å². The molecular weight excluding hydrogens is 264 g/mol. The van der Waals surface area contributed by atoms with Gasteiger partial charge in [0.2, 0.25) is 0 Å². The molecule has 0 saturated heterocycles. The quantitative estimate of drug-likeness (QED) is 0.910. The van der Waals surface area contributed by atoms with Gasteiger partial charge in [0.25, 0.3) is 0 Å². The largest absolute Gasteiger partial charge is 0.486 e. The number of ether oxygens (including phenoxy) is 2. The highest BCUT2D eigenvalue weighted by atomic mass is 16.6. The fraction of sp³-hybridized carbons (Fsp3) is 0.471. The number of nitrogens with one attached hydrogen (secondary N) is 1. The summed E-state index contributed by atoms with van der Waals surface area (Å²) in [4.78, 5) is 4.50. The number of hydrogen-bond donors (Lipinski definition) is 1. The van der Waals surface area contributed by atoms with Crippen LogP contribution in [0.1, 0.15) is 27.7 Å². The summed E-state index contributed by atoms with van der Waals surface area (Å²) in [5.74, 6) is 2.51. The molecule has 4 heteroatoms. The molecular formula is C17H22N2O2. The van der Waals surface area contributed by atoms with Crippen LogP contribution in [0.2, 0.25) is 0 Å². The lowest BCUT2D eigenvalue weighted by atomic mass is 9.88. The Labute approximate surface area is 125 Å². The Kier molecular flexibility index (Phi) is 3.40. The van der Waals surface area contributed by atoms with E-state index < -0.39 is 0 Å². The lowest BCUT2D eigenvalue weighted by molar-refractivity contribution is 0.172. The highest BCUT2D eigenvalue weighted by molar-refractivity contribution is 5.94. The summed E-state index contributed by atoms with van der Waals surface area (Å²) < 4.78 is 11.3. The number of pyridine rings is 1. The maximum atomic E-state index is 5.68. The molecule has 2 heterocycles. The van der Waals surface area contributed by atoms with Crippen molar-refractivity contribution >= 4 is 16.6 Å². The zero-order valence-corrected chi connectivity index (χ0v) is 13.1. The van der Waals surface area contributed by atoms with E-state index >= 15 is 0 Å². The Hall–Kier alpha value is -1.97. The number of fused-ring (bicyclic) bond motifs is 2. The van der Waals surface area contributed by atoms with Crippen LogP contribution in [-0.2, 0) is 0 Å². The third-order valence-electron chi connectivity index (χ3n) is 4.08. The van der Waals surface area contributed by atoms with E-state index in [1.807, 2.05) is 24.4 Å². The van der Waals surface area contributed by atoms with Gasteiger partial charge in [0.15, 0.2) is 11.5 Å². The second kappa shape index (κ2) is 5.10. The minimum Gasteiger partial charge on any atom is -0.486 e. The number of rotatable bonds is 2. The first-order valence-corrected chi connectivity index (χ1v) is 7.40. The third-order valence-corrected chi connectivity index (χ3v) is 4.08. The molecule has 1 atom stereocenters. The Morgan fingerprint density at radius 2 is 1.81 bits per heavy atom. The monoisotopic (exact) mass is 286 g/mol. The molecule has 21 heavy (non-hydrogen) atoms. The molecule has 0 radical (unpaired) electrons. The molecule has 2 aromatic rings. The zero-order chi connectivity index (χ0) is 15.0. The van der Waals surface area contributed by atoms with Crippen LogP contribution in [0.5, 0.6) is 11.5 Å². The fourth-order valence-corrected chi connectivity index (χ4v) is 2.25. The second-order valence-corrected chi connectivity index (χ2v) is 6.61. The summed E-state index contributed by atoms with van der Waals surface area (Å²) in [6.07, 6.45) is 1.83. The fourth-order valence-electron chi connectivity index (χ4n) is 2.25. The summed E-state index contributed by atoms with van der Waals surface area (Å²) in [6, 6.07) is 6.36. The van der Waals surface area contributed by atoms with Gasteiger partial charge in [0.1, 0.15) is 19.0 Å². The third kappa shape index (κ3) is 2.75. The molecule has 112 valence electrons. The van der Waals surface area contributed by atoms with E-state index in [1.165, 1.54) is 0 Å². The summed E-state index contributed by atoms with van der Waals surface area (Å²) in [6.45, 7) is 10.0. The van der Waals surface area contributed by atoms with Crippen molar-refractivity contribution in [3.8, 4) is 11.5 Å². The van der Waals surface area contributed by atoms with Crippen LogP contribution in [0.15, 0.2) is 24.4 Å². The summed E-state index contributed by atoms with van der Waals surface area (Å²) in [5, 5.41) is 5.70. The van der Waals surface area contributed by atoms with Crippen LogP contribution in [0.4, 0.5) is 5.82 Å². The first-order valence-electron chi connectivity index (χ1n) is 7.40. The molecule has 0 bridgehead atoms. The first-order chi connectivity index (χ1) is 9.95. The number of hydrogen-bond acceptors (Lipinski definition) is 4. The first kappa shape index (κ1) is 14.0. The normalized spacial score (nSPS) is 15.8. The summed E-state index contributed by atoms with van der Waals surface area (Å²) >= 11 is 0. The topological polar surface area (TPSA) is 43.4 Å². The van der Waals surface area contributed by atoms with Gasteiger partial charge >= 0.3 is 0 Å². The van der Waals surface area contributed by atoms with E-state index in [9.17, 15) is 0 Å². The molecule has 0 aliphatic carbocycles. The molecule has 4 nitrogen and oxygen atoms in total. The molecule has 1 aromatic heterocycles. The van der Waals surface area contributed by atoms with E-state index in [1.54, 1.807) is 0 Å². The maximum absolute atomic E-state index is 5.68. The number of aromatic nitrogens is 1. The van der Waals surface area contributed by atoms with E-state index in [2.05, 4.69) is 38.0 Å². The van der Waals surface area contributed by atoms with E-state index in [-0.39, 0.29) is 5.41 Å². The summed E-state index contributed by atoms with van der Waals surface area (Å²) in [7, 11) is 0. The maximum Gasteiger partial charge on any atom is 0.162 e. The van der Waals surface area contributed by atoms with Crippen molar-refractivity contribution in [2.75, 3.05) is 18.5 Å². The van der Waals surface area contributed by atoms with Crippen molar-refractivity contribution in [2.24, 2.45) is 5.41 Å². The van der Waals surface area contributed by atoms with Crippen molar-refractivity contribution in [1.82, 2.24) is 4.98 Å². The Morgan fingerprint density at radius 3 is 2.48 bits per heavy atom. The van der Waals surface area contributed by atoms with Gasteiger partial charge in [-0.1, -0.05) is 20.8 Å². The zero-order valence-electron chi connectivity index (χ0n) is 13.1. The standard InChI is InChI=1S/C17H22N2O2/c1-11(17(2,3)4)19-16-13-10-15-14(20-7-8-21-15)9-12(13)5-6-18-16/h5-6,9-11H,7-8H2,1-4H3,(H,18,19). The predicted octanol–water partition coefficient (Wildman–Crippen LogP) is 3.85. The minimum absolute atomic E-state index is 0.164. The van der Waals surface area contributed by atoms with E-state index in [0.717, 1.165) is 28.1 Å². The van der Waals surface area contributed by atoms with Gasteiger partial charge in [0.05, 0.1) is 0 Å². The molecule has 3 rings (SSSR count). The van der Waals surface area contributed by atoms with Crippen LogP contribution in [0.3, 0.4) is 0 Å². The smallest absolute Gasteiger partial charge is 0.162 e. The van der Waals surface area contributed by atoms with Gasteiger partial charge in [-0.3, -0.25) is 0 Å². The van der Waals surface area contributed by atoms with Gasteiger partial charge in [-0.2, -0.15) is 0 Å². The highest BCUT2D eigenvalue weighted by Crippen LogP contribution is 2.37. The number of nitrogens with zero attached hydrogens (tertiary/aromatic N) is 1. The Morgan fingerprint density at radius 1 is 1.14 bits per heavy atom. The molecule has 0 amide bonds. The molecule has 1 N–H and O–H groups in total. The highest BCUT2D eigenvalue weighted by Gasteiger charge is 2.21. The van der Waals surface area contributed by atoms with Gasteiger partial charge in [0, 0.05) is 17.6 Å². The van der Waals surface area contributed by atoms with Crippen molar-refractivity contribution < 1.29 is 9.47 Å². The van der Waals surface area contributed by atoms with Crippen molar-refractivity contribution in [3.63, 3.8) is 0 Å². The molecule has 1 aliphatic heterocycles. The predicted molar refractivity (Wildman–Crippen MR) is 85.3 cm³/mol.